The molecule has 0 bridgehead atoms. The molecule has 1 aromatic carbocycles. The zero-order chi connectivity index (χ0) is 25.8. The van der Waals surface area contributed by atoms with Crippen molar-refractivity contribution in [2.45, 2.75) is 32.2 Å². The summed E-state index contributed by atoms with van der Waals surface area (Å²) in [5, 5.41) is 2.58. The number of anilines is 1. The summed E-state index contributed by atoms with van der Waals surface area (Å²) in [6.45, 7) is 2.82. The van der Waals surface area contributed by atoms with Gasteiger partial charge in [0.2, 0.25) is 0 Å². The molecule has 1 unspecified atom stereocenters. The number of ether oxygens (including phenoxy) is 2. The van der Waals surface area contributed by atoms with Crippen molar-refractivity contribution in [3.8, 4) is 5.75 Å². The lowest BCUT2D eigenvalue weighted by atomic mass is 10.3. The van der Waals surface area contributed by atoms with Gasteiger partial charge in [0, 0.05) is 37.6 Å². The molecule has 4 atom stereocenters. The van der Waals surface area contributed by atoms with Crippen LogP contribution >= 0.6 is 7.75 Å². The topological polar surface area (TPSA) is 141 Å². The fourth-order valence-corrected chi connectivity index (χ4v) is 4.70. The number of esters is 1. The Labute approximate surface area is 202 Å². The largest absolute Gasteiger partial charge is 0.468 e. The first-order valence-electron chi connectivity index (χ1n) is 10.7. The molecule has 0 amide bonds. The van der Waals surface area contributed by atoms with Crippen LogP contribution < -0.4 is 25.8 Å². The monoisotopic (exact) mass is 508 g/mol. The standard InChI is InChI=1S/C22H29N4O8P/c1-14-12-26(22(29)23-20(14)27)19-10-9-18(33-19)13-32-35(30,24-15(2)21(28)31-5)34-17-8-6-7-16(11-17)25(3)4/h6-12,15,18-19H,13H2,1-5H3,(H,24,30)(H,23,27,29)/t15-,18-,19+,35?/m0/s1. The van der Waals surface area contributed by atoms with Crippen LogP contribution in [0.5, 0.6) is 5.75 Å². The number of H-pyrrole nitrogens is 1. The minimum atomic E-state index is -4.08. The van der Waals surface area contributed by atoms with E-state index in [1.165, 1.54) is 24.8 Å². The molecular formula is C22H29N4O8P. The zero-order valence-corrected chi connectivity index (χ0v) is 21.0. The third-order valence-electron chi connectivity index (χ3n) is 5.10. The Morgan fingerprint density at radius 3 is 2.74 bits per heavy atom. The Morgan fingerprint density at radius 1 is 1.31 bits per heavy atom. The highest BCUT2D eigenvalue weighted by atomic mass is 31.2. The second-order valence-electron chi connectivity index (χ2n) is 8.08. The first-order chi connectivity index (χ1) is 16.5. The van der Waals surface area contributed by atoms with Crippen molar-refractivity contribution in [3.63, 3.8) is 0 Å². The number of aromatic amines is 1. The van der Waals surface area contributed by atoms with Crippen LogP contribution in [-0.4, -0.2) is 55.5 Å². The molecule has 1 aliphatic heterocycles. The highest BCUT2D eigenvalue weighted by Crippen LogP contribution is 2.46. The van der Waals surface area contributed by atoms with Gasteiger partial charge in [0.15, 0.2) is 6.23 Å². The maximum atomic E-state index is 13.6. The van der Waals surface area contributed by atoms with Crippen molar-refractivity contribution in [3.05, 3.63) is 69.0 Å². The number of hydrogen-bond donors (Lipinski definition) is 2. The molecule has 2 aromatic rings. The first kappa shape index (κ1) is 26.4. The van der Waals surface area contributed by atoms with Crippen molar-refractivity contribution >= 4 is 19.4 Å². The lowest BCUT2D eigenvalue weighted by Gasteiger charge is -2.24. The molecule has 0 spiro atoms. The average molecular weight is 508 g/mol. The third kappa shape index (κ3) is 6.70. The first-order valence-corrected chi connectivity index (χ1v) is 12.3. The number of aryl methyl sites for hydroxylation is 1. The van der Waals surface area contributed by atoms with Crippen molar-refractivity contribution in [2.24, 2.45) is 0 Å². The van der Waals surface area contributed by atoms with Crippen LogP contribution in [0.25, 0.3) is 0 Å². The summed E-state index contributed by atoms with van der Waals surface area (Å²) < 4.78 is 36.6. The van der Waals surface area contributed by atoms with E-state index in [0.29, 0.717) is 5.56 Å². The van der Waals surface area contributed by atoms with Gasteiger partial charge in [-0.05, 0) is 32.1 Å². The molecule has 13 heteroatoms. The molecule has 0 radical (unpaired) electrons. The molecule has 12 nitrogen and oxygen atoms in total. The van der Waals surface area contributed by atoms with Crippen molar-refractivity contribution < 1.29 is 27.9 Å². The van der Waals surface area contributed by atoms with Crippen molar-refractivity contribution in [2.75, 3.05) is 32.7 Å². The lowest BCUT2D eigenvalue weighted by molar-refractivity contribution is -0.142. The number of nitrogens with one attached hydrogen (secondary N) is 2. The van der Waals surface area contributed by atoms with Gasteiger partial charge in [-0.3, -0.25) is 23.7 Å². The smallest absolute Gasteiger partial charge is 0.459 e. The molecule has 2 heterocycles. The van der Waals surface area contributed by atoms with Gasteiger partial charge in [-0.2, -0.15) is 5.09 Å². The number of benzene rings is 1. The number of methoxy groups -OCH3 is 1. The molecule has 0 aliphatic carbocycles. The summed E-state index contributed by atoms with van der Waals surface area (Å²) in [6.07, 6.45) is 3.18. The number of rotatable bonds is 10. The fraction of sp³-hybridized carbons (Fsp3) is 0.409. The number of hydrogen-bond acceptors (Lipinski definition) is 9. The van der Waals surface area contributed by atoms with Crippen LogP contribution in [0.4, 0.5) is 5.69 Å². The van der Waals surface area contributed by atoms with Crippen LogP contribution in [0.2, 0.25) is 0 Å². The number of carbonyl (C=O) groups excluding carboxylic acids is 1. The summed E-state index contributed by atoms with van der Waals surface area (Å²) in [5.41, 5.74) is 0.0530. The Bertz CT molecular complexity index is 1250. The van der Waals surface area contributed by atoms with Crippen molar-refractivity contribution in [1.29, 1.82) is 0 Å². The van der Waals surface area contributed by atoms with E-state index < -0.39 is 43.3 Å². The van der Waals surface area contributed by atoms with E-state index in [1.807, 2.05) is 25.1 Å². The van der Waals surface area contributed by atoms with Crippen LogP contribution in [0.3, 0.4) is 0 Å². The highest BCUT2D eigenvalue weighted by Gasteiger charge is 2.34. The molecule has 2 N–H and O–H groups in total. The number of carbonyl (C=O) groups is 1. The minimum Gasteiger partial charge on any atom is -0.468 e. The fourth-order valence-electron chi connectivity index (χ4n) is 3.20. The van der Waals surface area contributed by atoms with E-state index in [4.69, 9.17) is 18.5 Å². The Hall–Kier alpha value is -3.18. The molecule has 0 saturated carbocycles. The van der Waals surface area contributed by atoms with E-state index in [9.17, 15) is 18.9 Å². The minimum absolute atomic E-state index is 0.213. The Kier molecular flexibility index (Phi) is 8.34. The van der Waals surface area contributed by atoms with Crippen LogP contribution in [-0.2, 0) is 23.4 Å². The van der Waals surface area contributed by atoms with E-state index >= 15 is 0 Å². The quantitative estimate of drug-likeness (QED) is 0.277. The van der Waals surface area contributed by atoms with Gasteiger partial charge >= 0.3 is 19.4 Å². The Balaban J connectivity index is 1.74. The number of aromatic nitrogens is 2. The molecule has 190 valence electrons. The van der Waals surface area contributed by atoms with Gasteiger partial charge in [0.1, 0.15) is 17.9 Å². The van der Waals surface area contributed by atoms with Crippen molar-refractivity contribution in [1.82, 2.24) is 14.6 Å². The molecule has 3 rings (SSSR count). The number of nitrogens with zero attached hydrogens (tertiary/aromatic N) is 2. The predicted octanol–water partition coefficient (Wildman–Crippen LogP) is 1.72. The summed E-state index contributed by atoms with van der Waals surface area (Å²) in [6, 6.07) is 5.88. The summed E-state index contributed by atoms with van der Waals surface area (Å²) in [4.78, 5) is 39.7. The lowest BCUT2D eigenvalue weighted by Crippen LogP contribution is -2.35. The van der Waals surface area contributed by atoms with E-state index in [-0.39, 0.29) is 12.4 Å². The Morgan fingerprint density at radius 2 is 2.06 bits per heavy atom. The predicted molar refractivity (Wildman–Crippen MR) is 129 cm³/mol. The van der Waals surface area contributed by atoms with Gasteiger partial charge in [0.25, 0.3) is 5.56 Å². The second-order valence-corrected chi connectivity index (χ2v) is 9.77. The van der Waals surface area contributed by atoms with Crippen LogP contribution in [0.15, 0.2) is 52.2 Å². The van der Waals surface area contributed by atoms with E-state index in [1.54, 1.807) is 37.3 Å². The van der Waals surface area contributed by atoms with E-state index in [2.05, 4.69) is 10.1 Å². The summed E-state index contributed by atoms with van der Waals surface area (Å²) >= 11 is 0. The molecule has 35 heavy (non-hydrogen) atoms. The zero-order valence-electron chi connectivity index (χ0n) is 20.1. The molecule has 1 aromatic heterocycles. The van der Waals surface area contributed by atoms with Gasteiger partial charge in [0.05, 0.1) is 13.7 Å². The van der Waals surface area contributed by atoms with Gasteiger partial charge in [-0.1, -0.05) is 12.1 Å². The normalized spacial score (nSPS) is 19.7. The van der Waals surface area contributed by atoms with Gasteiger partial charge < -0.3 is 18.9 Å². The third-order valence-corrected chi connectivity index (χ3v) is 6.74. The van der Waals surface area contributed by atoms with Crippen LogP contribution in [0, 0.1) is 6.92 Å². The molecule has 0 saturated heterocycles. The second kappa shape index (κ2) is 11.0. The SMILES string of the molecule is COC(=O)[C@H](C)NP(=O)(OC[C@@H]1C=C[C@H](n2cc(C)c(=O)[nH]c2=O)O1)Oc1cccc(N(C)C)c1. The molecular weight excluding hydrogens is 479 g/mol. The van der Waals surface area contributed by atoms with Gasteiger partial charge in [-0.25, -0.2) is 9.36 Å². The summed E-state index contributed by atoms with van der Waals surface area (Å²) in [7, 11) is 0.831. The van der Waals surface area contributed by atoms with E-state index in [0.717, 1.165) is 5.69 Å². The highest BCUT2D eigenvalue weighted by molar-refractivity contribution is 7.52. The maximum absolute atomic E-state index is 13.6. The molecule has 0 fully saturated rings. The summed E-state index contributed by atoms with van der Waals surface area (Å²) in [5.74, 6) is -0.385. The van der Waals surface area contributed by atoms with Gasteiger partial charge in [-0.15, -0.1) is 0 Å². The molecule has 1 aliphatic rings. The van der Waals surface area contributed by atoms with Crippen LogP contribution in [0.1, 0.15) is 18.7 Å². The maximum Gasteiger partial charge on any atom is 0.459 e. The average Bonchev–Trinajstić information content (AvgIpc) is 3.28.